The molecule has 5 heteroatoms. The van der Waals surface area contributed by atoms with E-state index in [1.165, 1.54) is 5.56 Å². The molecule has 0 saturated heterocycles. The number of carbonyl (C=O) groups is 1. The van der Waals surface area contributed by atoms with Crippen molar-refractivity contribution in [2.75, 3.05) is 19.6 Å². The van der Waals surface area contributed by atoms with Gasteiger partial charge in [-0.15, -0.1) is 0 Å². The average molecular weight is 382 g/mol. The maximum Gasteiger partial charge on any atom is 0.412 e. The standard InChI is InChI=1S/C23H27FN2O2/c1-3-9-25-23(27)28-20-7-5-6-15-13-19-21-16(8-11-26(19)10-4-2)12-17(24)14-18(21)22(15)20/h5-7,12,14,19H,3-4,8-11,13H2,1-2H3,(H,25,27). The second kappa shape index (κ2) is 7.92. The Labute approximate surface area is 165 Å². The van der Waals surface area contributed by atoms with Gasteiger partial charge in [-0.3, -0.25) is 4.90 Å². The summed E-state index contributed by atoms with van der Waals surface area (Å²) in [5.41, 5.74) is 5.14. The van der Waals surface area contributed by atoms with E-state index < -0.39 is 6.09 Å². The zero-order valence-electron chi connectivity index (χ0n) is 16.6. The Hall–Kier alpha value is -2.40. The quantitative estimate of drug-likeness (QED) is 0.803. The van der Waals surface area contributed by atoms with Crippen LogP contribution in [-0.4, -0.2) is 30.6 Å². The summed E-state index contributed by atoms with van der Waals surface area (Å²) in [7, 11) is 0. The van der Waals surface area contributed by atoms with E-state index >= 15 is 0 Å². The number of rotatable bonds is 5. The van der Waals surface area contributed by atoms with Crippen LogP contribution in [0.3, 0.4) is 0 Å². The van der Waals surface area contributed by atoms with Gasteiger partial charge in [0, 0.05) is 24.7 Å². The summed E-state index contributed by atoms with van der Waals surface area (Å²) in [4.78, 5) is 14.7. The second-order valence-corrected chi connectivity index (χ2v) is 7.64. The smallest absolute Gasteiger partial charge is 0.410 e. The number of nitrogens with one attached hydrogen (secondary N) is 1. The van der Waals surface area contributed by atoms with Gasteiger partial charge in [0.1, 0.15) is 11.6 Å². The molecule has 1 amide bonds. The molecule has 0 radical (unpaired) electrons. The third-order valence-electron chi connectivity index (χ3n) is 5.70. The molecule has 0 fully saturated rings. The van der Waals surface area contributed by atoms with E-state index in [9.17, 15) is 9.18 Å². The molecule has 2 aromatic carbocycles. The molecule has 4 nitrogen and oxygen atoms in total. The van der Waals surface area contributed by atoms with Crippen LogP contribution in [0.15, 0.2) is 30.3 Å². The fourth-order valence-corrected chi connectivity index (χ4v) is 4.58. The minimum absolute atomic E-state index is 0.227. The van der Waals surface area contributed by atoms with Crippen molar-refractivity contribution in [3.8, 4) is 16.9 Å². The Kier molecular flexibility index (Phi) is 5.36. The minimum Gasteiger partial charge on any atom is -0.410 e. The number of fused-ring (bicyclic) bond motifs is 2. The first-order valence-electron chi connectivity index (χ1n) is 10.3. The number of ether oxygens (including phenoxy) is 1. The average Bonchev–Trinajstić information content (AvgIpc) is 2.68. The number of amides is 1. The Morgan fingerprint density at radius 2 is 2.11 bits per heavy atom. The van der Waals surface area contributed by atoms with Crippen molar-refractivity contribution in [2.24, 2.45) is 0 Å². The zero-order chi connectivity index (χ0) is 19.7. The van der Waals surface area contributed by atoms with Crippen molar-refractivity contribution >= 4 is 6.09 Å². The first-order valence-corrected chi connectivity index (χ1v) is 10.3. The summed E-state index contributed by atoms with van der Waals surface area (Å²) >= 11 is 0. The van der Waals surface area contributed by atoms with Crippen molar-refractivity contribution in [3.05, 3.63) is 52.8 Å². The molecule has 2 aromatic rings. The van der Waals surface area contributed by atoms with Crippen LogP contribution in [0.25, 0.3) is 11.1 Å². The Balaban J connectivity index is 1.80. The van der Waals surface area contributed by atoms with Crippen molar-refractivity contribution in [3.63, 3.8) is 0 Å². The molecule has 0 saturated carbocycles. The largest absolute Gasteiger partial charge is 0.412 e. The SMILES string of the molecule is CCCNC(=O)Oc1cccc2c1-c1cc(F)cc3c1C(C2)N(CCC)CC3. The minimum atomic E-state index is -0.463. The molecule has 0 bridgehead atoms. The van der Waals surface area contributed by atoms with Crippen molar-refractivity contribution in [1.29, 1.82) is 0 Å². The maximum atomic E-state index is 14.5. The van der Waals surface area contributed by atoms with Gasteiger partial charge in [0.25, 0.3) is 0 Å². The molecule has 0 spiro atoms. The molecular formula is C23H27FN2O2. The zero-order valence-corrected chi connectivity index (χ0v) is 16.6. The van der Waals surface area contributed by atoms with E-state index in [-0.39, 0.29) is 11.9 Å². The number of halogens is 1. The highest BCUT2D eigenvalue weighted by Gasteiger charge is 2.35. The molecule has 1 N–H and O–H groups in total. The van der Waals surface area contributed by atoms with E-state index in [2.05, 4.69) is 23.2 Å². The molecule has 4 rings (SSSR count). The summed E-state index contributed by atoms with van der Waals surface area (Å²) < 4.78 is 20.1. The highest BCUT2D eigenvalue weighted by Crippen LogP contribution is 2.48. The predicted octanol–water partition coefficient (Wildman–Crippen LogP) is 4.86. The summed E-state index contributed by atoms with van der Waals surface area (Å²) in [6.45, 7) is 6.74. The molecule has 1 heterocycles. The highest BCUT2D eigenvalue weighted by molar-refractivity contribution is 5.83. The van der Waals surface area contributed by atoms with E-state index in [0.29, 0.717) is 12.3 Å². The van der Waals surface area contributed by atoms with Crippen LogP contribution in [0.2, 0.25) is 0 Å². The normalized spacial score (nSPS) is 17.6. The summed E-state index contributed by atoms with van der Waals surface area (Å²) in [5, 5.41) is 2.75. The molecule has 0 aromatic heterocycles. The van der Waals surface area contributed by atoms with Crippen LogP contribution < -0.4 is 10.1 Å². The van der Waals surface area contributed by atoms with E-state index in [4.69, 9.17) is 4.74 Å². The number of hydrogen-bond donors (Lipinski definition) is 1. The van der Waals surface area contributed by atoms with Crippen molar-refractivity contribution < 1.29 is 13.9 Å². The molecule has 1 atom stereocenters. The van der Waals surface area contributed by atoms with Gasteiger partial charge in [0.15, 0.2) is 0 Å². The van der Waals surface area contributed by atoms with E-state index in [0.717, 1.165) is 61.0 Å². The highest BCUT2D eigenvalue weighted by atomic mass is 19.1. The van der Waals surface area contributed by atoms with Gasteiger partial charge in [0.2, 0.25) is 0 Å². The Morgan fingerprint density at radius 3 is 2.89 bits per heavy atom. The van der Waals surface area contributed by atoms with Crippen LogP contribution in [0.4, 0.5) is 9.18 Å². The van der Waals surface area contributed by atoms with Gasteiger partial charge in [-0.1, -0.05) is 26.0 Å². The third kappa shape index (κ3) is 3.39. The van der Waals surface area contributed by atoms with E-state index in [1.54, 1.807) is 18.2 Å². The third-order valence-corrected chi connectivity index (χ3v) is 5.70. The van der Waals surface area contributed by atoms with E-state index in [1.807, 2.05) is 13.0 Å². The Bertz CT molecular complexity index is 896. The number of hydrogen-bond acceptors (Lipinski definition) is 3. The maximum absolute atomic E-state index is 14.5. The monoisotopic (exact) mass is 382 g/mol. The van der Waals surface area contributed by atoms with Crippen molar-refractivity contribution in [1.82, 2.24) is 10.2 Å². The van der Waals surface area contributed by atoms with Gasteiger partial charge in [-0.05, 0) is 72.7 Å². The van der Waals surface area contributed by atoms with Crippen LogP contribution in [0, 0.1) is 5.82 Å². The van der Waals surface area contributed by atoms with Gasteiger partial charge in [-0.2, -0.15) is 0 Å². The Morgan fingerprint density at radius 1 is 1.25 bits per heavy atom. The summed E-state index contributed by atoms with van der Waals surface area (Å²) in [6, 6.07) is 9.33. The van der Waals surface area contributed by atoms with Gasteiger partial charge < -0.3 is 10.1 Å². The number of benzene rings is 2. The lowest BCUT2D eigenvalue weighted by atomic mass is 9.76. The summed E-state index contributed by atoms with van der Waals surface area (Å²) in [5.74, 6) is 0.277. The van der Waals surface area contributed by atoms with Crippen LogP contribution >= 0.6 is 0 Å². The summed E-state index contributed by atoms with van der Waals surface area (Å²) in [6.07, 6.45) is 3.18. The lowest BCUT2D eigenvalue weighted by Gasteiger charge is -2.42. The van der Waals surface area contributed by atoms with Crippen LogP contribution in [0.5, 0.6) is 5.75 Å². The van der Waals surface area contributed by atoms with Crippen LogP contribution in [0.1, 0.15) is 49.4 Å². The van der Waals surface area contributed by atoms with Gasteiger partial charge in [-0.25, -0.2) is 9.18 Å². The van der Waals surface area contributed by atoms with Gasteiger partial charge in [0.05, 0.1) is 0 Å². The molecule has 1 aliphatic carbocycles. The number of carbonyl (C=O) groups excluding carboxylic acids is 1. The molecule has 1 unspecified atom stereocenters. The molecule has 148 valence electrons. The van der Waals surface area contributed by atoms with Crippen LogP contribution in [-0.2, 0) is 12.8 Å². The fraction of sp³-hybridized carbons (Fsp3) is 0.435. The topological polar surface area (TPSA) is 41.6 Å². The molecule has 1 aliphatic heterocycles. The molecule has 2 aliphatic rings. The van der Waals surface area contributed by atoms with Crippen molar-refractivity contribution in [2.45, 2.75) is 45.6 Å². The lowest BCUT2D eigenvalue weighted by molar-refractivity contribution is 0.182. The predicted molar refractivity (Wildman–Crippen MR) is 108 cm³/mol. The fourth-order valence-electron chi connectivity index (χ4n) is 4.58. The second-order valence-electron chi connectivity index (χ2n) is 7.64. The molecular weight excluding hydrogens is 355 g/mol. The van der Waals surface area contributed by atoms with Gasteiger partial charge >= 0.3 is 6.09 Å². The first-order chi connectivity index (χ1) is 13.6. The first kappa shape index (κ1) is 18.9. The molecule has 28 heavy (non-hydrogen) atoms. The number of nitrogens with zero attached hydrogens (tertiary/aromatic N) is 1. The lowest BCUT2D eigenvalue weighted by Crippen LogP contribution is -2.39.